The van der Waals surface area contributed by atoms with Crippen molar-refractivity contribution in [1.82, 2.24) is 0 Å². The van der Waals surface area contributed by atoms with E-state index in [-0.39, 0.29) is 6.07 Å². The quantitative estimate of drug-likeness (QED) is 0.658. The van der Waals surface area contributed by atoms with Gasteiger partial charge in [-0.05, 0) is 12.1 Å². The van der Waals surface area contributed by atoms with Crippen LogP contribution in [0.2, 0.25) is 0 Å². The first-order chi connectivity index (χ1) is 10.0. The van der Waals surface area contributed by atoms with E-state index in [2.05, 4.69) is 0 Å². The van der Waals surface area contributed by atoms with Gasteiger partial charge in [-0.3, -0.25) is 14.9 Å². The summed E-state index contributed by atoms with van der Waals surface area (Å²) in [5.74, 6) is -0.933. The van der Waals surface area contributed by atoms with Crippen LogP contribution in [-0.4, -0.2) is 24.8 Å². The highest BCUT2D eigenvalue weighted by Gasteiger charge is 2.47. The van der Waals surface area contributed by atoms with Crippen LogP contribution in [0.3, 0.4) is 0 Å². The summed E-state index contributed by atoms with van der Waals surface area (Å²) in [6, 6.07) is 2.77. The highest BCUT2D eigenvalue weighted by molar-refractivity contribution is 7.92. The Kier molecular flexibility index (Phi) is 4.72. The Morgan fingerprint density at radius 3 is 2.45 bits per heavy atom. The normalized spacial score (nSPS) is 11.5. The molecule has 8 nitrogen and oxygen atoms in total. The summed E-state index contributed by atoms with van der Waals surface area (Å²) in [5, 5.41) is 21.0. The smallest absolute Gasteiger partial charge is 0.319 e. The van der Waals surface area contributed by atoms with Crippen molar-refractivity contribution in [2.75, 3.05) is 5.32 Å². The molecule has 118 valence electrons. The Morgan fingerprint density at radius 1 is 1.41 bits per heavy atom. The molecule has 1 aromatic carbocycles. The maximum Gasteiger partial charge on any atom is 0.501 e. The molecule has 0 spiro atoms. The number of nitro groups is 1. The molecule has 0 unspecified atom stereocenters. The van der Waals surface area contributed by atoms with Crippen molar-refractivity contribution >= 4 is 27.1 Å². The lowest BCUT2D eigenvalue weighted by atomic mass is 10.2. The predicted octanol–water partition coefficient (Wildman–Crippen LogP) is 1.74. The van der Waals surface area contributed by atoms with Crippen molar-refractivity contribution in [3.05, 3.63) is 28.3 Å². The minimum Gasteiger partial charge on any atom is -0.319 e. The molecule has 0 saturated heterocycles. The highest BCUT2D eigenvalue weighted by atomic mass is 32.2. The fourth-order valence-electron chi connectivity index (χ4n) is 1.34. The molecule has 1 amide bonds. The van der Waals surface area contributed by atoms with E-state index in [0.29, 0.717) is 12.1 Å². The van der Waals surface area contributed by atoms with Crippen molar-refractivity contribution in [3.63, 3.8) is 0 Å². The van der Waals surface area contributed by atoms with Crippen LogP contribution in [0.1, 0.15) is 6.42 Å². The summed E-state index contributed by atoms with van der Waals surface area (Å²) in [4.78, 5) is 19.5. The van der Waals surface area contributed by atoms with E-state index in [4.69, 9.17) is 5.26 Å². The van der Waals surface area contributed by atoms with E-state index in [1.807, 2.05) is 5.32 Å². The number of nitrogens with zero attached hydrogens (tertiary/aromatic N) is 2. The van der Waals surface area contributed by atoms with Gasteiger partial charge in [-0.2, -0.15) is 18.4 Å². The van der Waals surface area contributed by atoms with Gasteiger partial charge in [0.05, 0.1) is 15.9 Å². The molecule has 0 heterocycles. The fourth-order valence-corrected chi connectivity index (χ4v) is 2.12. The first kappa shape index (κ1) is 17.4. The largest absolute Gasteiger partial charge is 0.501 e. The van der Waals surface area contributed by atoms with Gasteiger partial charge in [0.25, 0.3) is 15.5 Å². The number of carbonyl (C=O) groups is 1. The number of amides is 1. The van der Waals surface area contributed by atoms with Crippen molar-refractivity contribution in [3.8, 4) is 6.07 Å². The van der Waals surface area contributed by atoms with Gasteiger partial charge < -0.3 is 5.32 Å². The number of alkyl halides is 3. The van der Waals surface area contributed by atoms with Gasteiger partial charge in [0.1, 0.15) is 12.1 Å². The Labute approximate surface area is 121 Å². The van der Waals surface area contributed by atoms with Gasteiger partial charge in [-0.25, -0.2) is 8.42 Å². The van der Waals surface area contributed by atoms with Crippen LogP contribution in [-0.2, 0) is 14.6 Å². The van der Waals surface area contributed by atoms with Crippen molar-refractivity contribution in [2.24, 2.45) is 0 Å². The standard InChI is InChI=1S/C10H6F3N3O5S/c11-10(12,13)22(20,21)6-1-2-7(8(5-6)16(18)19)15-9(17)3-4-14/h1-2,5H,3H2,(H,15,17). The molecule has 0 bridgehead atoms. The van der Waals surface area contributed by atoms with E-state index in [9.17, 15) is 36.5 Å². The van der Waals surface area contributed by atoms with Crippen molar-refractivity contribution in [2.45, 2.75) is 16.8 Å². The molecule has 0 aliphatic heterocycles. The van der Waals surface area contributed by atoms with E-state index in [0.717, 1.165) is 0 Å². The van der Waals surface area contributed by atoms with Crippen molar-refractivity contribution < 1.29 is 31.3 Å². The SMILES string of the molecule is N#CCC(=O)Nc1ccc(S(=O)(=O)C(F)(F)F)cc1[N+](=O)[O-]. The molecule has 1 aromatic rings. The van der Waals surface area contributed by atoms with Crippen LogP contribution in [0.15, 0.2) is 23.1 Å². The topological polar surface area (TPSA) is 130 Å². The summed E-state index contributed by atoms with van der Waals surface area (Å²) in [6.45, 7) is 0. The third kappa shape index (κ3) is 3.50. The summed E-state index contributed by atoms with van der Waals surface area (Å²) in [7, 11) is -5.76. The van der Waals surface area contributed by atoms with Crippen LogP contribution in [0.5, 0.6) is 0 Å². The van der Waals surface area contributed by atoms with Crippen LogP contribution in [0.25, 0.3) is 0 Å². The average molecular weight is 337 g/mol. The third-order valence-electron chi connectivity index (χ3n) is 2.29. The second kappa shape index (κ2) is 5.98. The molecule has 0 aliphatic rings. The van der Waals surface area contributed by atoms with E-state index in [1.165, 1.54) is 6.07 Å². The zero-order chi connectivity index (χ0) is 17.1. The number of nitrogens with one attached hydrogen (secondary N) is 1. The summed E-state index contributed by atoms with van der Waals surface area (Å²) >= 11 is 0. The Bertz CT molecular complexity index is 767. The first-order valence-corrected chi connectivity index (χ1v) is 6.75. The predicted molar refractivity (Wildman–Crippen MR) is 65.2 cm³/mol. The lowest BCUT2D eigenvalue weighted by molar-refractivity contribution is -0.384. The number of carbonyl (C=O) groups excluding carboxylic acids is 1. The number of sulfone groups is 1. The number of hydrogen-bond donors (Lipinski definition) is 1. The monoisotopic (exact) mass is 337 g/mol. The van der Waals surface area contributed by atoms with Gasteiger partial charge in [-0.1, -0.05) is 0 Å². The Morgan fingerprint density at radius 2 is 2.00 bits per heavy atom. The minimum absolute atomic E-state index is 0.185. The average Bonchev–Trinajstić information content (AvgIpc) is 2.37. The number of rotatable bonds is 4. The number of halogens is 3. The molecule has 22 heavy (non-hydrogen) atoms. The molecule has 0 atom stereocenters. The zero-order valence-electron chi connectivity index (χ0n) is 10.4. The lowest BCUT2D eigenvalue weighted by Crippen LogP contribution is -2.23. The van der Waals surface area contributed by atoms with Crippen LogP contribution in [0, 0.1) is 21.4 Å². The minimum atomic E-state index is -5.76. The summed E-state index contributed by atoms with van der Waals surface area (Å²) in [6.07, 6.45) is -0.639. The van der Waals surface area contributed by atoms with Gasteiger partial charge in [0.2, 0.25) is 5.91 Å². The summed E-state index contributed by atoms with van der Waals surface area (Å²) < 4.78 is 59.6. The van der Waals surface area contributed by atoms with E-state index < -0.39 is 48.9 Å². The van der Waals surface area contributed by atoms with Crippen LogP contribution >= 0.6 is 0 Å². The fraction of sp³-hybridized carbons (Fsp3) is 0.200. The van der Waals surface area contributed by atoms with E-state index in [1.54, 1.807) is 0 Å². The van der Waals surface area contributed by atoms with Gasteiger partial charge in [-0.15, -0.1) is 0 Å². The molecule has 0 aromatic heterocycles. The van der Waals surface area contributed by atoms with Gasteiger partial charge in [0.15, 0.2) is 0 Å². The zero-order valence-corrected chi connectivity index (χ0v) is 11.2. The molecule has 0 saturated carbocycles. The Hall–Kier alpha value is -2.68. The van der Waals surface area contributed by atoms with Crippen molar-refractivity contribution in [1.29, 1.82) is 5.26 Å². The molecule has 1 N–H and O–H groups in total. The lowest BCUT2D eigenvalue weighted by Gasteiger charge is -2.09. The van der Waals surface area contributed by atoms with Crippen LogP contribution < -0.4 is 5.32 Å². The highest BCUT2D eigenvalue weighted by Crippen LogP contribution is 2.34. The molecular weight excluding hydrogens is 331 g/mol. The molecule has 0 aliphatic carbocycles. The Balaban J connectivity index is 3.37. The number of nitriles is 1. The molecule has 0 radical (unpaired) electrons. The number of hydrogen-bond acceptors (Lipinski definition) is 6. The number of nitro benzene ring substituents is 1. The molecule has 1 rings (SSSR count). The number of benzene rings is 1. The molecular formula is C10H6F3N3O5S. The van der Waals surface area contributed by atoms with E-state index >= 15 is 0 Å². The second-order valence-corrected chi connectivity index (χ2v) is 5.71. The summed E-state index contributed by atoms with van der Waals surface area (Å²) in [5.41, 5.74) is -7.19. The van der Waals surface area contributed by atoms with Gasteiger partial charge in [0, 0.05) is 6.07 Å². The maximum absolute atomic E-state index is 12.4. The third-order valence-corrected chi connectivity index (χ3v) is 3.78. The first-order valence-electron chi connectivity index (χ1n) is 5.27. The second-order valence-electron chi connectivity index (χ2n) is 3.77. The van der Waals surface area contributed by atoms with Gasteiger partial charge >= 0.3 is 5.51 Å². The molecule has 12 heteroatoms. The van der Waals surface area contributed by atoms with Crippen LogP contribution in [0.4, 0.5) is 24.5 Å². The maximum atomic E-state index is 12.4. The molecule has 0 fully saturated rings. The number of anilines is 1.